The van der Waals surface area contributed by atoms with Gasteiger partial charge in [-0.25, -0.2) is 4.68 Å². The molecule has 0 aliphatic carbocycles. The van der Waals surface area contributed by atoms with Crippen molar-refractivity contribution in [3.8, 4) is 5.69 Å². The summed E-state index contributed by atoms with van der Waals surface area (Å²) < 4.78 is 1.81. The second kappa shape index (κ2) is 7.98. The van der Waals surface area contributed by atoms with E-state index in [0.29, 0.717) is 16.3 Å². The molecule has 0 aliphatic rings. The van der Waals surface area contributed by atoms with E-state index in [1.807, 2.05) is 39.0 Å². The maximum atomic E-state index is 12.6. The smallest absolute Gasteiger partial charge is 0.228 e. The normalized spacial score (nSPS) is 10.8. The maximum absolute atomic E-state index is 12.6. The number of anilines is 1. The highest BCUT2D eigenvalue weighted by Crippen LogP contribution is 2.23. The number of nitrogens with zero attached hydrogens (tertiary/aromatic N) is 2. The van der Waals surface area contributed by atoms with Gasteiger partial charge in [-0.15, -0.1) is 0 Å². The Labute approximate surface area is 169 Å². The number of halogens is 1. The van der Waals surface area contributed by atoms with Crippen LogP contribution in [0.3, 0.4) is 0 Å². The minimum Gasteiger partial charge on any atom is -0.326 e. The molecule has 0 bridgehead atoms. The third kappa shape index (κ3) is 4.15. The lowest BCUT2D eigenvalue weighted by molar-refractivity contribution is -0.115. The van der Waals surface area contributed by atoms with Crippen LogP contribution in [0.5, 0.6) is 0 Å². The van der Waals surface area contributed by atoms with Gasteiger partial charge in [0.2, 0.25) is 5.91 Å². The molecule has 0 fully saturated rings. The maximum Gasteiger partial charge on any atom is 0.228 e. The third-order valence-corrected chi connectivity index (χ3v) is 5.14. The SMILES string of the molecule is CC(=O)c1cccc(NC(=O)Cc2c(C)nn(-c3ccc(C)c(Cl)c3)c2C)c1. The van der Waals surface area contributed by atoms with Crippen molar-refractivity contribution in [2.24, 2.45) is 0 Å². The third-order valence-electron chi connectivity index (χ3n) is 4.73. The molecule has 0 aliphatic heterocycles. The second-order valence-electron chi connectivity index (χ2n) is 6.86. The molecule has 0 atom stereocenters. The minimum absolute atomic E-state index is 0.0409. The first-order valence-corrected chi connectivity index (χ1v) is 9.36. The van der Waals surface area contributed by atoms with Crippen LogP contribution in [0.4, 0.5) is 5.69 Å². The monoisotopic (exact) mass is 395 g/mol. The molecule has 1 N–H and O–H groups in total. The van der Waals surface area contributed by atoms with Crippen molar-refractivity contribution in [3.63, 3.8) is 0 Å². The Morgan fingerprint density at radius 2 is 1.86 bits per heavy atom. The Hall–Kier alpha value is -2.92. The first kappa shape index (κ1) is 19.8. The highest BCUT2D eigenvalue weighted by molar-refractivity contribution is 6.31. The van der Waals surface area contributed by atoms with Crippen molar-refractivity contribution < 1.29 is 9.59 Å². The van der Waals surface area contributed by atoms with E-state index in [0.717, 1.165) is 28.2 Å². The molecule has 0 radical (unpaired) electrons. The lowest BCUT2D eigenvalue weighted by Gasteiger charge is -2.08. The number of Topliss-reactive ketones (excluding diaryl/α,β-unsaturated/α-hetero) is 1. The van der Waals surface area contributed by atoms with E-state index in [9.17, 15) is 9.59 Å². The number of carbonyl (C=O) groups excluding carboxylic acids is 2. The molecule has 144 valence electrons. The molecule has 5 nitrogen and oxygen atoms in total. The number of carbonyl (C=O) groups is 2. The summed E-state index contributed by atoms with van der Waals surface area (Å²) in [5.41, 5.74) is 5.58. The number of aromatic nitrogens is 2. The van der Waals surface area contributed by atoms with Gasteiger partial charge in [-0.1, -0.05) is 29.8 Å². The van der Waals surface area contributed by atoms with Gasteiger partial charge < -0.3 is 5.32 Å². The van der Waals surface area contributed by atoms with Crippen molar-refractivity contribution in [1.29, 1.82) is 0 Å². The van der Waals surface area contributed by atoms with Crippen molar-refractivity contribution in [1.82, 2.24) is 9.78 Å². The predicted molar refractivity (Wildman–Crippen MR) is 112 cm³/mol. The summed E-state index contributed by atoms with van der Waals surface area (Å²) in [5, 5.41) is 8.11. The number of benzene rings is 2. The van der Waals surface area contributed by atoms with E-state index in [1.165, 1.54) is 6.92 Å². The molecule has 6 heteroatoms. The highest BCUT2D eigenvalue weighted by atomic mass is 35.5. The molecule has 0 unspecified atom stereocenters. The Kier molecular flexibility index (Phi) is 5.66. The molecule has 0 spiro atoms. The number of ketones is 1. The molecule has 2 aromatic carbocycles. The molecule has 3 rings (SSSR count). The summed E-state index contributed by atoms with van der Waals surface area (Å²) in [6.07, 6.45) is 0.196. The minimum atomic E-state index is -0.159. The number of aryl methyl sites for hydroxylation is 2. The molecule has 1 heterocycles. The first-order chi connectivity index (χ1) is 13.3. The van der Waals surface area contributed by atoms with Gasteiger partial charge in [0.25, 0.3) is 0 Å². The topological polar surface area (TPSA) is 64.0 Å². The van der Waals surface area contributed by atoms with E-state index >= 15 is 0 Å². The van der Waals surface area contributed by atoms with Gasteiger partial charge in [0, 0.05) is 27.5 Å². The van der Waals surface area contributed by atoms with Crippen molar-refractivity contribution >= 4 is 29.0 Å². The molecule has 1 aromatic heterocycles. The summed E-state index contributed by atoms with van der Waals surface area (Å²) in [6, 6.07) is 12.7. The van der Waals surface area contributed by atoms with E-state index in [-0.39, 0.29) is 18.1 Å². The number of hydrogen-bond acceptors (Lipinski definition) is 3. The highest BCUT2D eigenvalue weighted by Gasteiger charge is 2.17. The van der Waals surface area contributed by atoms with Gasteiger partial charge in [0.15, 0.2) is 5.78 Å². The van der Waals surface area contributed by atoms with Crippen LogP contribution in [-0.2, 0) is 11.2 Å². The van der Waals surface area contributed by atoms with Gasteiger partial charge in [-0.3, -0.25) is 9.59 Å². The summed E-state index contributed by atoms with van der Waals surface area (Å²) in [7, 11) is 0. The number of nitrogens with one attached hydrogen (secondary N) is 1. The van der Waals surface area contributed by atoms with Crippen LogP contribution in [-0.4, -0.2) is 21.5 Å². The quantitative estimate of drug-likeness (QED) is 0.629. The molecule has 28 heavy (non-hydrogen) atoms. The predicted octanol–water partition coefficient (Wildman–Crippen LogP) is 4.83. The average Bonchev–Trinajstić information content (AvgIpc) is 2.92. The Morgan fingerprint density at radius 1 is 1.11 bits per heavy atom. The van der Waals surface area contributed by atoms with Crippen LogP contribution in [0.15, 0.2) is 42.5 Å². The van der Waals surface area contributed by atoms with Gasteiger partial charge in [0.05, 0.1) is 17.8 Å². The van der Waals surface area contributed by atoms with Crippen LogP contribution in [0, 0.1) is 20.8 Å². The standard InChI is InChI=1S/C22H22ClN3O2/c1-13-8-9-19(11-21(13)23)26-15(3)20(14(2)25-26)12-22(28)24-18-7-5-6-17(10-18)16(4)27/h5-11H,12H2,1-4H3,(H,24,28). The van der Waals surface area contributed by atoms with Crippen molar-refractivity contribution in [2.45, 2.75) is 34.1 Å². The molecule has 0 saturated heterocycles. The van der Waals surface area contributed by atoms with Gasteiger partial charge in [-0.05, 0) is 57.5 Å². The largest absolute Gasteiger partial charge is 0.326 e. The van der Waals surface area contributed by atoms with Crippen LogP contribution < -0.4 is 5.32 Å². The van der Waals surface area contributed by atoms with Crippen molar-refractivity contribution in [3.05, 3.63) is 75.6 Å². The zero-order valence-electron chi connectivity index (χ0n) is 16.3. The summed E-state index contributed by atoms with van der Waals surface area (Å²) in [4.78, 5) is 24.1. The Balaban J connectivity index is 1.82. The molecular weight excluding hydrogens is 374 g/mol. The average molecular weight is 396 g/mol. The number of hydrogen-bond donors (Lipinski definition) is 1. The number of rotatable bonds is 5. The fourth-order valence-corrected chi connectivity index (χ4v) is 3.25. The van der Waals surface area contributed by atoms with Crippen LogP contribution in [0.1, 0.15) is 39.8 Å². The number of amides is 1. The second-order valence-corrected chi connectivity index (χ2v) is 7.26. The van der Waals surface area contributed by atoms with Gasteiger partial charge in [0.1, 0.15) is 0 Å². The zero-order valence-corrected chi connectivity index (χ0v) is 17.1. The van der Waals surface area contributed by atoms with Gasteiger partial charge in [-0.2, -0.15) is 5.10 Å². The molecule has 0 saturated carbocycles. The lowest BCUT2D eigenvalue weighted by Crippen LogP contribution is -2.15. The molecule has 3 aromatic rings. The lowest BCUT2D eigenvalue weighted by atomic mass is 10.1. The Morgan fingerprint density at radius 3 is 2.54 bits per heavy atom. The fourth-order valence-electron chi connectivity index (χ4n) is 3.08. The van der Waals surface area contributed by atoms with Crippen LogP contribution >= 0.6 is 11.6 Å². The summed E-state index contributed by atoms with van der Waals surface area (Å²) >= 11 is 6.24. The van der Waals surface area contributed by atoms with Crippen LogP contribution in [0.2, 0.25) is 5.02 Å². The van der Waals surface area contributed by atoms with E-state index in [4.69, 9.17) is 11.6 Å². The Bertz CT molecular complexity index is 1070. The summed E-state index contributed by atoms with van der Waals surface area (Å²) in [6.45, 7) is 7.27. The van der Waals surface area contributed by atoms with E-state index in [2.05, 4.69) is 10.4 Å². The summed E-state index contributed by atoms with van der Waals surface area (Å²) in [5.74, 6) is -0.200. The zero-order chi connectivity index (χ0) is 20.4. The molecule has 1 amide bonds. The first-order valence-electron chi connectivity index (χ1n) is 8.98. The van der Waals surface area contributed by atoms with Gasteiger partial charge >= 0.3 is 0 Å². The molecular formula is C22H22ClN3O2. The van der Waals surface area contributed by atoms with E-state index < -0.39 is 0 Å². The van der Waals surface area contributed by atoms with Crippen LogP contribution in [0.25, 0.3) is 5.69 Å². The van der Waals surface area contributed by atoms with Crippen molar-refractivity contribution in [2.75, 3.05) is 5.32 Å². The van der Waals surface area contributed by atoms with E-state index in [1.54, 1.807) is 28.9 Å². The fraction of sp³-hybridized carbons (Fsp3) is 0.227.